The lowest BCUT2D eigenvalue weighted by Crippen LogP contribution is -2.34. The summed E-state index contributed by atoms with van der Waals surface area (Å²) in [4.78, 5) is 25.6. The molecule has 0 unspecified atom stereocenters. The predicted molar refractivity (Wildman–Crippen MR) is 66.1 cm³/mol. The Morgan fingerprint density at radius 3 is 2.71 bits per heavy atom. The fourth-order valence-electron chi connectivity index (χ4n) is 1.60. The molecule has 0 aromatic carbocycles. The van der Waals surface area contributed by atoms with Gasteiger partial charge in [0.2, 0.25) is 0 Å². The van der Waals surface area contributed by atoms with Gasteiger partial charge in [-0.3, -0.25) is 14.0 Å². The highest BCUT2D eigenvalue weighted by molar-refractivity contribution is 9.10. The van der Waals surface area contributed by atoms with Gasteiger partial charge in [0, 0.05) is 19.3 Å². The second-order valence-corrected chi connectivity index (χ2v) is 4.47. The van der Waals surface area contributed by atoms with E-state index in [1.807, 2.05) is 6.92 Å². The van der Waals surface area contributed by atoms with E-state index < -0.39 is 5.69 Å². The number of H-pyrrole nitrogens is 1. The molecular weight excluding hydrogens is 288 g/mol. The summed E-state index contributed by atoms with van der Waals surface area (Å²) in [7, 11) is 1.77. The summed E-state index contributed by atoms with van der Waals surface area (Å²) in [5.74, 6) is 0. The molecule has 0 aliphatic heterocycles. The van der Waals surface area contributed by atoms with Gasteiger partial charge in [-0.15, -0.1) is 0 Å². The molecule has 6 nitrogen and oxygen atoms in total. The van der Waals surface area contributed by atoms with Crippen LogP contribution in [0.2, 0.25) is 0 Å². The van der Waals surface area contributed by atoms with Crippen LogP contribution in [-0.4, -0.2) is 19.3 Å². The van der Waals surface area contributed by atoms with Crippen LogP contribution in [0.25, 0.3) is 0 Å². The quantitative estimate of drug-likeness (QED) is 0.872. The van der Waals surface area contributed by atoms with Crippen LogP contribution < -0.4 is 11.2 Å². The molecule has 2 aromatic rings. The molecule has 0 saturated carbocycles. The van der Waals surface area contributed by atoms with Gasteiger partial charge in [0.05, 0.1) is 22.4 Å². The molecule has 2 aromatic heterocycles. The summed E-state index contributed by atoms with van der Waals surface area (Å²) in [5, 5.41) is 4.21. The van der Waals surface area contributed by atoms with Gasteiger partial charge in [-0.05, 0) is 22.9 Å². The van der Waals surface area contributed by atoms with Gasteiger partial charge >= 0.3 is 5.69 Å². The molecule has 0 fully saturated rings. The summed E-state index contributed by atoms with van der Waals surface area (Å²) in [6.45, 7) is 2.04. The van der Waals surface area contributed by atoms with Crippen LogP contribution in [-0.2, 0) is 13.6 Å². The highest BCUT2D eigenvalue weighted by atomic mass is 79.9. The Balaban J connectivity index is 2.52. The maximum Gasteiger partial charge on any atom is 0.328 e. The highest BCUT2D eigenvalue weighted by Gasteiger charge is 2.12. The van der Waals surface area contributed by atoms with Crippen LogP contribution in [0.1, 0.15) is 11.4 Å². The Morgan fingerprint density at radius 2 is 2.18 bits per heavy atom. The number of aromatic nitrogens is 4. The second-order valence-electron chi connectivity index (χ2n) is 3.68. The lowest BCUT2D eigenvalue weighted by molar-refractivity contribution is 0.626. The van der Waals surface area contributed by atoms with Gasteiger partial charge in [0.1, 0.15) is 0 Å². The molecule has 0 spiro atoms. The van der Waals surface area contributed by atoms with Gasteiger partial charge in [-0.1, -0.05) is 0 Å². The monoisotopic (exact) mass is 298 g/mol. The van der Waals surface area contributed by atoms with E-state index in [-0.39, 0.29) is 12.1 Å². The molecule has 7 heteroatoms. The average Bonchev–Trinajstić information content (AvgIpc) is 2.49. The van der Waals surface area contributed by atoms with E-state index in [0.29, 0.717) is 0 Å². The first kappa shape index (κ1) is 11.8. The molecule has 0 amide bonds. The number of nitrogens with one attached hydrogen (secondary N) is 1. The van der Waals surface area contributed by atoms with Crippen molar-refractivity contribution in [1.82, 2.24) is 19.3 Å². The van der Waals surface area contributed by atoms with E-state index in [1.54, 1.807) is 11.7 Å². The molecule has 0 saturated heterocycles. The minimum atomic E-state index is -0.428. The fourth-order valence-corrected chi connectivity index (χ4v) is 2.06. The Morgan fingerprint density at radius 1 is 1.47 bits per heavy atom. The molecule has 0 bridgehead atoms. The van der Waals surface area contributed by atoms with E-state index >= 15 is 0 Å². The van der Waals surface area contributed by atoms with Gasteiger partial charge in [-0.2, -0.15) is 5.10 Å². The first-order valence-electron chi connectivity index (χ1n) is 4.97. The van der Waals surface area contributed by atoms with E-state index in [2.05, 4.69) is 26.0 Å². The van der Waals surface area contributed by atoms with Crippen molar-refractivity contribution in [3.8, 4) is 0 Å². The van der Waals surface area contributed by atoms with Gasteiger partial charge < -0.3 is 4.98 Å². The molecule has 2 heterocycles. The van der Waals surface area contributed by atoms with Crippen LogP contribution >= 0.6 is 15.9 Å². The van der Waals surface area contributed by atoms with Crippen molar-refractivity contribution in [3.05, 3.63) is 49.0 Å². The highest BCUT2D eigenvalue weighted by Crippen LogP contribution is 2.20. The number of nitrogens with zero attached hydrogens (tertiary/aromatic N) is 3. The topological polar surface area (TPSA) is 72.7 Å². The summed E-state index contributed by atoms with van der Waals surface area (Å²) in [6.07, 6.45) is 1.34. The molecule has 90 valence electrons. The number of hydrogen-bond acceptors (Lipinski definition) is 3. The normalized spacial score (nSPS) is 10.8. The van der Waals surface area contributed by atoms with Crippen molar-refractivity contribution >= 4 is 15.9 Å². The molecule has 0 aliphatic rings. The zero-order valence-electron chi connectivity index (χ0n) is 9.40. The SMILES string of the molecule is Cc1nn(C)c(Cn2c(=O)cc[nH]c2=O)c1Br. The van der Waals surface area contributed by atoms with Crippen molar-refractivity contribution in [1.29, 1.82) is 0 Å². The van der Waals surface area contributed by atoms with Crippen LogP contribution in [0.4, 0.5) is 0 Å². The Bertz CT molecular complexity index is 639. The lowest BCUT2D eigenvalue weighted by Gasteiger charge is -2.04. The summed E-state index contributed by atoms with van der Waals surface area (Å²) >= 11 is 3.40. The molecule has 17 heavy (non-hydrogen) atoms. The fraction of sp³-hybridized carbons (Fsp3) is 0.300. The van der Waals surface area contributed by atoms with Crippen molar-refractivity contribution in [2.24, 2.45) is 7.05 Å². The zero-order valence-corrected chi connectivity index (χ0v) is 11.0. The van der Waals surface area contributed by atoms with Gasteiger partial charge in [0.15, 0.2) is 0 Å². The minimum absolute atomic E-state index is 0.187. The Labute approximate surface area is 105 Å². The summed E-state index contributed by atoms with van der Waals surface area (Å²) in [6, 6.07) is 1.32. The van der Waals surface area contributed by atoms with Crippen LogP contribution in [0.15, 0.2) is 26.3 Å². The van der Waals surface area contributed by atoms with Gasteiger partial charge in [0.25, 0.3) is 5.56 Å². The molecule has 1 N–H and O–H groups in total. The number of aryl methyl sites for hydroxylation is 2. The van der Waals surface area contributed by atoms with E-state index in [0.717, 1.165) is 20.4 Å². The first-order valence-corrected chi connectivity index (χ1v) is 5.76. The Hall–Kier alpha value is -1.63. The molecule has 0 aliphatic carbocycles. The van der Waals surface area contributed by atoms with Crippen LogP contribution in [0, 0.1) is 6.92 Å². The number of rotatable bonds is 2. The van der Waals surface area contributed by atoms with Crippen LogP contribution in [0.5, 0.6) is 0 Å². The van der Waals surface area contributed by atoms with E-state index in [4.69, 9.17) is 0 Å². The third-order valence-corrected chi connectivity index (χ3v) is 3.54. The lowest BCUT2D eigenvalue weighted by atomic mass is 10.3. The molecule has 0 radical (unpaired) electrons. The van der Waals surface area contributed by atoms with Crippen molar-refractivity contribution < 1.29 is 0 Å². The van der Waals surface area contributed by atoms with E-state index in [9.17, 15) is 9.59 Å². The minimum Gasteiger partial charge on any atom is -0.314 e. The molecule has 2 rings (SSSR count). The third-order valence-electron chi connectivity index (χ3n) is 2.51. The number of halogens is 1. The smallest absolute Gasteiger partial charge is 0.314 e. The second kappa shape index (κ2) is 4.33. The summed E-state index contributed by atoms with van der Waals surface area (Å²) in [5.41, 5.74) is 0.840. The molecular formula is C10H11BrN4O2. The van der Waals surface area contributed by atoms with Crippen LogP contribution in [0.3, 0.4) is 0 Å². The third kappa shape index (κ3) is 2.10. The zero-order chi connectivity index (χ0) is 12.6. The van der Waals surface area contributed by atoms with Crippen molar-refractivity contribution in [2.75, 3.05) is 0 Å². The van der Waals surface area contributed by atoms with Crippen molar-refractivity contribution in [2.45, 2.75) is 13.5 Å². The Kier molecular flexibility index (Phi) is 3.01. The average molecular weight is 299 g/mol. The summed E-state index contributed by atoms with van der Waals surface area (Å²) < 4.78 is 3.59. The maximum atomic E-state index is 11.6. The number of hydrogen-bond donors (Lipinski definition) is 1. The van der Waals surface area contributed by atoms with Gasteiger partial charge in [-0.25, -0.2) is 4.79 Å². The standard InChI is InChI=1S/C10H11BrN4O2/c1-6-9(11)7(14(2)13-6)5-15-8(16)3-4-12-10(15)17/h3-4H,5H2,1-2H3,(H,12,17). The number of aromatic amines is 1. The first-order chi connectivity index (χ1) is 8.00. The maximum absolute atomic E-state index is 11.6. The molecule has 0 atom stereocenters. The van der Waals surface area contributed by atoms with Crippen molar-refractivity contribution in [3.63, 3.8) is 0 Å². The predicted octanol–water partition coefficient (Wildman–Crippen LogP) is 0.389. The van der Waals surface area contributed by atoms with E-state index in [1.165, 1.54) is 12.3 Å². The largest absolute Gasteiger partial charge is 0.328 e.